The van der Waals surface area contributed by atoms with Gasteiger partial charge in [-0.25, -0.2) is 0 Å². The summed E-state index contributed by atoms with van der Waals surface area (Å²) in [5, 5.41) is 19.2. The summed E-state index contributed by atoms with van der Waals surface area (Å²) >= 11 is 0. The van der Waals surface area contributed by atoms with E-state index >= 15 is 0 Å². The van der Waals surface area contributed by atoms with E-state index in [0.717, 1.165) is 17.7 Å². The zero-order valence-corrected chi connectivity index (χ0v) is 15.4. The van der Waals surface area contributed by atoms with Gasteiger partial charge in [-0.2, -0.15) is 5.10 Å². The molecule has 0 amide bonds. The Hall–Kier alpha value is -1.73. The van der Waals surface area contributed by atoms with Crippen LogP contribution in [0, 0.1) is 5.92 Å². The molecule has 0 spiro atoms. The van der Waals surface area contributed by atoms with Gasteiger partial charge in [0.1, 0.15) is 12.1 Å². The van der Waals surface area contributed by atoms with Gasteiger partial charge in [0.2, 0.25) is 0 Å². The van der Waals surface area contributed by atoms with E-state index in [-0.39, 0.29) is 18.2 Å². The lowest BCUT2D eigenvalue weighted by Crippen LogP contribution is -2.58. The molecule has 2 N–H and O–H groups in total. The monoisotopic (exact) mass is 369 g/mol. The molecule has 1 aromatic carbocycles. The Balaban J connectivity index is 1.34. The van der Waals surface area contributed by atoms with Gasteiger partial charge in [-0.1, -0.05) is 43.2 Å². The number of rotatable bonds is 5. The lowest BCUT2D eigenvalue weighted by atomic mass is 9.95. The average Bonchev–Trinajstić information content (AvgIpc) is 3.44. The van der Waals surface area contributed by atoms with Gasteiger partial charge in [0.15, 0.2) is 6.29 Å². The first-order chi connectivity index (χ1) is 13.3. The fourth-order valence-electron chi connectivity index (χ4n) is 4.73. The van der Waals surface area contributed by atoms with Crippen LogP contribution in [0.4, 0.5) is 0 Å². The Kier molecular flexibility index (Phi) is 4.73. The number of nitrogens with one attached hydrogen (secondary N) is 1. The number of aliphatic hydroxyl groups excluding tert-OH is 1. The SMILES string of the molecule is O[C@H]1[C@H](NCC2CCCC2)[C@H]2CO[C@H](O2)[C@@H]1n1cc(-c2ccccc2)cn1. The van der Waals surface area contributed by atoms with E-state index < -0.39 is 12.4 Å². The summed E-state index contributed by atoms with van der Waals surface area (Å²) in [4.78, 5) is 0. The van der Waals surface area contributed by atoms with Gasteiger partial charge >= 0.3 is 0 Å². The quantitative estimate of drug-likeness (QED) is 0.847. The second-order valence-electron chi connectivity index (χ2n) is 8.02. The summed E-state index contributed by atoms with van der Waals surface area (Å²) < 4.78 is 13.7. The standard InChI is InChI=1S/C21H27N3O3/c25-20-18(22-10-14-6-4-5-7-14)17-13-26-21(27-17)19(20)24-12-16(11-23-24)15-8-2-1-3-9-15/h1-3,8-9,11-12,14,17-22,25H,4-7,10,13H2/t17-,18-,19-,20+,21-/m1/s1. The third-order valence-electron chi connectivity index (χ3n) is 6.26. The topological polar surface area (TPSA) is 68.5 Å². The Morgan fingerprint density at radius 2 is 1.96 bits per heavy atom. The van der Waals surface area contributed by atoms with Crippen molar-refractivity contribution in [1.82, 2.24) is 15.1 Å². The molecule has 2 saturated heterocycles. The largest absolute Gasteiger partial charge is 0.389 e. The summed E-state index contributed by atoms with van der Waals surface area (Å²) in [6.07, 6.45) is 7.89. The van der Waals surface area contributed by atoms with Gasteiger partial charge in [0.25, 0.3) is 0 Å². The molecule has 5 rings (SSSR count). The molecule has 27 heavy (non-hydrogen) atoms. The molecule has 5 atom stereocenters. The number of aromatic nitrogens is 2. The Labute approximate surface area is 159 Å². The van der Waals surface area contributed by atoms with Crippen molar-refractivity contribution in [2.24, 2.45) is 5.92 Å². The van der Waals surface area contributed by atoms with Crippen LogP contribution in [-0.4, -0.2) is 52.6 Å². The Bertz CT molecular complexity index is 759. The van der Waals surface area contributed by atoms with Crippen molar-refractivity contribution >= 4 is 0 Å². The molecule has 1 aliphatic carbocycles. The van der Waals surface area contributed by atoms with Crippen LogP contribution in [-0.2, 0) is 9.47 Å². The molecule has 6 nitrogen and oxygen atoms in total. The van der Waals surface area contributed by atoms with Crippen LogP contribution in [0.2, 0.25) is 0 Å². The van der Waals surface area contributed by atoms with Crippen LogP contribution in [0.5, 0.6) is 0 Å². The van der Waals surface area contributed by atoms with Crippen molar-refractivity contribution in [3.63, 3.8) is 0 Å². The highest BCUT2D eigenvalue weighted by Crippen LogP contribution is 2.36. The number of benzene rings is 1. The molecule has 3 heterocycles. The van der Waals surface area contributed by atoms with Gasteiger partial charge in [-0.3, -0.25) is 4.68 Å². The van der Waals surface area contributed by atoms with Crippen molar-refractivity contribution < 1.29 is 14.6 Å². The number of nitrogens with zero attached hydrogens (tertiary/aromatic N) is 2. The van der Waals surface area contributed by atoms with E-state index in [1.54, 1.807) is 0 Å². The fraction of sp³-hybridized carbons (Fsp3) is 0.571. The van der Waals surface area contributed by atoms with Crippen molar-refractivity contribution in [3.05, 3.63) is 42.7 Å². The molecular weight excluding hydrogens is 342 g/mol. The van der Waals surface area contributed by atoms with Gasteiger partial charge < -0.3 is 19.9 Å². The van der Waals surface area contributed by atoms with Crippen LogP contribution in [0.3, 0.4) is 0 Å². The van der Waals surface area contributed by atoms with Gasteiger partial charge in [0, 0.05) is 11.8 Å². The molecule has 2 bridgehead atoms. The zero-order chi connectivity index (χ0) is 18.2. The van der Waals surface area contributed by atoms with Crippen LogP contribution in [0.25, 0.3) is 11.1 Å². The van der Waals surface area contributed by atoms with E-state index in [1.807, 2.05) is 35.3 Å². The molecule has 6 heteroatoms. The van der Waals surface area contributed by atoms with Gasteiger partial charge in [0.05, 0.1) is 24.9 Å². The maximum absolute atomic E-state index is 11.1. The molecule has 144 valence electrons. The lowest BCUT2D eigenvalue weighted by Gasteiger charge is -2.39. The summed E-state index contributed by atoms with van der Waals surface area (Å²) in [5.41, 5.74) is 2.13. The second kappa shape index (κ2) is 7.36. The van der Waals surface area contributed by atoms with E-state index in [1.165, 1.54) is 25.7 Å². The molecule has 3 aliphatic rings. The van der Waals surface area contributed by atoms with Gasteiger partial charge in [-0.05, 0) is 30.9 Å². The Morgan fingerprint density at radius 1 is 1.15 bits per heavy atom. The van der Waals surface area contributed by atoms with Crippen LogP contribution < -0.4 is 5.32 Å². The highest BCUT2D eigenvalue weighted by atomic mass is 16.7. The molecule has 2 aliphatic heterocycles. The molecule has 0 unspecified atom stereocenters. The third-order valence-corrected chi connectivity index (χ3v) is 6.26. The van der Waals surface area contributed by atoms with Crippen molar-refractivity contribution in [1.29, 1.82) is 0 Å². The smallest absolute Gasteiger partial charge is 0.183 e. The van der Waals surface area contributed by atoms with Crippen molar-refractivity contribution in [2.45, 2.75) is 56.3 Å². The molecule has 3 fully saturated rings. The predicted octanol–water partition coefficient (Wildman–Crippen LogP) is 2.36. The van der Waals surface area contributed by atoms with Gasteiger partial charge in [-0.15, -0.1) is 0 Å². The number of ether oxygens (including phenoxy) is 2. The first-order valence-electron chi connectivity index (χ1n) is 10.1. The van der Waals surface area contributed by atoms with Crippen LogP contribution in [0.15, 0.2) is 42.7 Å². The molecule has 2 aromatic rings. The van der Waals surface area contributed by atoms with E-state index in [0.29, 0.717) is 12.5 Å². The second-order valence-corrected chi connectivity index (χ2v) is 8.02. The predicted molar refractivity (Wildman–Crippen MR) is 101 cm³/mol. The number of fused-ring (bicyclic) bond motifs is 2. The first kappa shape index (κ1) is 17.4. The van der Waals surface area contributed by atoms with Crippen molar-refractivity contribution in [3.8, 4) is 11.1 Å². The summed E-state index contributed by atoms with van der Waals surface area (Å²) in [6, 6.07) is 9.67. The zero-order valence-electron chi connectivity index (χ0n) is 15.4. The summed E-state index contributed by atoms with van der Waals surface area (Å²) in [7, 11) is 0. The summed E-state index contributed by atoms with van der Waals surface area (Å²) in [5.74, 6) is 0.713. The maximum Gasteiger partial charge on any atom is 0.183 e. The van der Waals surface area contributed by atoms with Crippen molar-refractivity contribution in [2.75, 3.05) is 13.2 Å². The lowest BCUT2D eigenvalue weighted by molar-refractivity contribution is -0.168. The normalized spacial score (nSPS) is 33.6. The highest BCUT2D eigenvalue weighted by molar-refractivity contribution is 5.61. The Morgan fingerprint density at radius 3 is 2.78 bits per heavy atom. The fourth-order valence-corrected chi connectivity index (χ4v) is 4.73. The van der Waals surface area contributed by atoms with Crippen LogP contribution >= 0.6 is 0 Å². The molecular formula is C21H27N3O3. The third kappa shape index (κ3) is 3.31. The summed E-state index contributed by atoms with van der Waals surface area (Å²) in [6.45, 7) is 1.46. The number of hydrogen-bond donors (Lipinski definition) is 2. The number of hydrogen-bond acceptors (Lipinski definition) is 5. The molecule has 1 saturated carbocycles. The van der Waals surface area contributed by atoms with E-state index in [4.69, 9.17) is 9.47 Å². The minimum absolute atomic E-state index is 0.0909. The number of aliphatic hydroxyl groups is 1. The highest BCUT2D eigenvalue weighted by Gasteiger charge is 2.51. The van der Waals surface area contributed by atoms with E-state index in [2.05, 4.69) is 22.5 Å². The maximum atomic E-state index is 11.1. The van der Waals surface area contributed by atoms with E-state index in [9.17, 15) is 5.11 Å². The van der Waals surface area contributed by atoms with Crippen LogP contribution in [0.1, 0.15) is 31.7 Å². The molecule has 0 radical (unpaired) electrons. The average molecular weight is 369 g/mol. The molecule has 1 aromatic heterocycles. The minimum atomic E-state index is -0.596. The minimum Gasteiger partial charge on any atom is -0.389 e. The first-order valence-corrected chi connectivity index (χ1v) is 10.1.